The molecule has 0 radical (unpaired) electrons. The number of carboxylic acids is 1. The number of nitrogens with one attached hydrogen (secondary N) is 1. The number of anilines is 1. The highest BCUT2D eigenvalue weighted by Gasteiger charge is 2.35. The number of hydrogen-bond acceptors (Lipinski definition) is 5. The molecule has 8 heteroatoms. The maximum atomic E-state index is 13.2. The van der Waals surface area contributed by atoms with Crippen molar-refractivity contribution in [2.24, 2.45) is 4.99 Å². The normalized spacial score (nSPS) is 18.3. The number of carbonyl (C=O) groups is 2. The van der Waals surface area contributed by atoms with Gasteiger partial charge in [-0.15, -0.1) is 0 Å². The molecule has 1 amide bonds. The van der Waals surface area contributed by atoms with Gasteiger partial charge in [-0.25, -0.2) is 0 Å². The molecule has 3 aromatic rings. The van der Waals surface area contributed by atoms with Gasteiger partial charge in [-0.2, -0.15) is 0 Å². The lowest BCUT2D eigenvalue weighted by atomic mass is 9.89. The summed E-state index contributed by atoms with van der Waals surface area (Å²) < 4.78 is 0. The highest BCUT2D eigenvalue weighted by Crippen LogP contribution is 2.38. The summed E-state index contributed by atoms with van der Waals surface area (Å²) in [5.74, 6) is -1.62. The van der Waals surface area contributed by atoms with Crippen molar-refractivity contribution in [1.29, 1.82) is 0 Å². The van der Waals surface area contributed by atoms with Crippen LogP contribution in [0.25, 0.3) is 0 Å². The number of aliphatic imine (C=N–C) groups is 1. The zero-order valence-electron chi connectivity index (χ0n) is 21.4. The van der Waals surface area contributed by atoms with E-state index in [1.54, 1.807) is 12.1 Å². The monoisotopic (exact) mass is 530 g/mol. The average Bonchev–Trinajstić information content (AvgIpc) is 3.23. The first kappa shape index (κ1) is 26.1. The van der Waals surface area contributed by atoms with Crippen molar-refractivity contribution in [2.45, 2.75) is 25.3 Å². The molecule has 2 aliphatic rings. The fraction of sp³-hybridized carbons (Fsp3) is 0.300. The van der Waals surface area contributed by atoms with Crippen LogP contribution in [0.1, 0.15) is 34.6 Å². The lowest BCUT2D eigenvalue weighted by Gasteiger charge is -2.32. The van der Waals surface area contributed by atoms with Gasteiger partial charge in [0.1, 0.15) is 5.92 Å². The zero-order chi connectivity index (χ0) is 26.6. The van der Waals surface area contributed by atoms with Crippen LogP contribution in [0.5, 0.6) is 0 Å². The third kappa shape index (κ3) is 6.13. The van der Waals surface area contributed by atoms with E-state index in [4.69, 9.17) is 21.7 Å². The Hall–Kier alpha value is -3.52. The first-order chi connectivity index (χ1) is 18.4. The maximum absolute atomic E-state index is 13.2. The minimum absolute atomic E-state index is 0.0376. The first-order valence-corrected chi connectivity index (χ1v) is 13.2. The Labute approximate surface area is 227 Å². The number of hydrogen-bond donors (Lipinski definition) is 2. The molecule has 5 rings (SSSR count). The fourth-order valence-corrected chi connectivity index (χ4v) is 5.19. The summed E-state index contributed by atoms with van der Waals surface area (Å²) in [6.07, 6.45) is 0.441. The van der Waals surface area contributed by atoms with Gasteiger partial charge < -0.3 is 15.3 Å². The van der Waals surface area contributed by atoms with E-state index >= 15 is 0 Å². The minimum atomic E-state index is -0.845. The van der Waals surface area contributed by atoms with Crippen LogP contribution in [-0.2, 0) is 22.6 Å². The molecular weight excluding hydrogens is 500 g/mol. The van der Waals surface area contributed by atoms with E-state index in [0.717, 1.165) is 55.1 Å². The number of likely N-dealkylation sites (N-methyl/N-ethyl adjacent to an activating group) is 1. The quantitative estimate of drug-likeness (QED) is 0.402. The van der Waals surface area contributed by atoms with Crippen LogP contribution in [0.3, 0.4) is 0 Å². The molecule has 1 unspecified atom stereocenters. The number of piperazine rings is 1. The molecule has 196 valence electrons. The summed E-state index contributed by atoms with van der Waals surface area (Å²) in [6.45, 7) is 5.16. The van der Waals surface area contributed by atoms with Gasteiger partial charge in [-0.1, -0.05) is 48.0 Å². The molecule has 0 aliphatic carbocycles. The van der Waals surface area contributed by atoms with Gasteiger partial charge in [0.2, 0.25) is 5.91 Å². The van der Waals surface area contributed by atoms with Gasteiger partial charge in [-0.05, 0) is 66.1 Å². The predicted molar refractivity (Wildman–Crippen MR) is 151 cm³/mol. The molecular formula is C30H31ClN4O3. The molecule has 2 aliphatic heterocycles. The van der Waals surface area contributed by atoms with E-state index in [0.29, 0.717) is 22.8 Å². The second-order valence-corrected chi connectivity index (χ2v) is 10.4. The van der Waals surface area contributed by atoms with Crippen LogP contribution >= 0.6 is 11.6 Å². The van der Waals surface area contributed by atoms with E-state index in [9.17, 15) is 9.59 Å². The summed E-state index contributed by atoms with van der Waals surface area (Å²) >= 11 is 6.18. The second-order valence-electron chi connectivity index (χ2n) is 9.99. The van der Waals surface area contributed by atoms with Crippen molar-refractivity contribution < 1.29 is 14.7 Å². The minimum Gasteiger partial charge on any atom is -0.481 e. The van der Waals surface area contributed by atoms with Crippen molar-refractivity contribution in [3.05, 3.63) is 94.0 Å². The Morgan fingerprint density at radius 3 is 2.53 bits per heavy atom. The van der Waals surface area contributed by atoms with Crippen molar-refractivity contribution in [3.63, 3.8) is 0 Å². The van der Waals surface area contributed by atoms with Crippen LogP contribution in [0.2, 0.25) is 5.02 Å². The lowest BCUT2D eigenvalue weighted by molar-refractivity contribution is -0.137. The molecule has 1 atom stereocenters. The summed E-state index contributed by atoms with van der Waals surface area (Å²) in [6, 6.07) is 21.2. The smallest absolute Gasteiger partial charge is 0.303 e. The first-order valence-electron chi connectivity index (χ1n) is 12.9. The van der Waals surface area contributed by atoms with E-state index in [1.807, 2.05) is 42.5 Å². The SMILES string of the molecule is CN1CCN(Cc2ccc(N=C(c3cccc(CCC(=O)O)c3)C3C(=O)Nc4cc(Cl)ccc43)cc2)CC1. The number of nitrogens with zero attached hydrogens (tertiary/aromatic N) is 3. The summed E-state index contributed by atoms with van der Waals surface area (Å²) in [5, 5.41) is 12.6. The number of carbonyl (C=O) groups excluding carboxylic acids is 1. The van der Waals surface area contributed by atoms with Crippen LogP contribution in [0.15, 0.2) is 71.7 Å². The fourth-order valence-electron chi connectivity index (χ4n) is 5.02. The number of aliphatic carboxylic acids is 1. The standard InChI is InChI=1S/C30H31ClN4O3/c1-34-13-15-35(16-14-34)19-21-5-9-24(10-6-21)32-29(22-4-2-3-20(17-22)7-12-27(36)37)28-25-11-8-23(31)18-26(25)33-30(28)38/h2-6,8-11,17-18,28H,7,12-16,19H2,1H3,(H,33,38)(H,36,37). The number of rotatable bonds is 8. The van der Waals surface area contributed by atoms with Crippen LogP contribution in [0.4, 0.5) is 11.4 Å². The highest BCUT2D eigenvalue weighted by molar-refractivity contribution is 6.31. The highest BCUT2D eigenvalue weighted by atomic mass is 35.5. The van der Waals surface area contributed by atoms with E-state index < -0.39 is 11.9 Å². The predicted octanol–water partition coefficient (Wildman–Crippen LogP) is 4.96. The van der Waals surface area contributed by atoms with E-state index in [1.165, 1.54) is 5.56 Å². The van der Waals surface area contributed by atoms with Gasteiger partial charge in [0, 0.05) is 49.9 Å². The molecule has 38 heavy (non-hydrogen) atoms. The van der Waals surface area contributed by atoms with Gasteiger partial charge in [0.15, 0.2) is 0 Å². The third-order valence-corrected chi connectivity index (χ3v) is 7.39. The molecule has 0 aromatic heterocycles. The molecule has 1 saturated heterocycles. The lowest BCUT2D eigenvalue weighted by Crippen LogP contribution is -2.43. The van der Waals surface area contributed by atoms with Crippen LogP contribution in [0, 0.1) is 0 Å². The Kier molecular flexibility index (Phi) is 7.88. The Morgan fingerprint density at radius 2 is 1.79 bits per heavy atom. The number of fused-ring (bicyclic) bond motifs is 1. The molecule has 0 bridgehead atoms. The second kappa shape index (κ2) is 11.5. The molecule has 1 fully saturated rings. The van der Waals surface area contributed by atoms with Gasteiger partial charge >= 0.3 is 5.97 Å². The Morgan fingerprint density at radius 1 is 1.03 bits per heavy atom. The Bertz CT molecular complexity index is 1360. The molecule has 0 saturated carbocycles. The average molecular weight is 531 g/mol. The molecule has 7 nitrogen and oxygen atoms in total. The number of amides is 1. The Balaban J connectivity index is 1.47. The van der Waals surface area contributed by atoms with Crippen molar-refractivity contribution in [3.8, 4) is 0 Å². The summed E-state index contributed by atoms with van der Waals surface area (Å²) in [5.41, 5.74) is 5.78. The number of halogens is 1. The molecule has 2 heterocycles. The van der Waals surface area contributed by atoms with Gasteiger partial charge in [0.05, 0.1) is 11.4 Å². The van der Waals surface area contributed by atoms with Gasteiger partial charge in [0.25, 0.3) is 0 Å². The van der Waals surface area contributed by atoms with Gasteiger partial charge in [-0.3, -0.25) is 19.5 Å². The third-order valence-electron chi connectivity index (χ3n) is 7.16. The number of aryl methyl sites for hydroxylation is 1. The summed E-state index contributed by atoms with van der Waals surface area (Å²) in [7, 11) is 2.15. The van der Waals surface area contributed by atoms with Crippen LogP contribution < -0.4 is 5.32 Å². The molecule has 3 aromatic carbocycles. The largest absolute Gasteiger partial charge is 0.481 e. The van der Waals surface area contributed by atoms with E-state index in [2.05, 4.69) is 34.3 Å². The van der Waals surface area contributed by atoms with Crippen molar-refractivity contribution in [2.75, 3.05) is 38.5 Å². The number of carboxylic acid groups (broad SMARTS) is 1. The molecule has 0 spiro atoms. The topological polar surface area (TPSA) is 85.2 Å². The molecule has 2 N–H and O–H groups in total. The number of benzene rings is 3. The van der Waals surface area contributed by atoms with Crippen molar-refractivity contribution >= 4 is 40.6 Å². The summed E-state index contributed by atoms with van der Waals surface area (Å²) in [4.78, 5) is 34.2. The van der Waals surface area contributed by atoms with E-state index in [-0.39, 0.29) is 12.3 Å². The zero-order valence-corrected chi connectivity index (χ0v) is 22.1. The van der Waals surface area contributed by atoms with Crippen LogP contribution in [-0.4, -0.2) is 65.7 Å². The van der Waals surface area contributed by atoms with Crippen molar-refractivity contribution in [1.82, 2.24) is 9.80 Å². The maximum Gasteiger partial charge on any atom is 0.303 e.